The van der Waals surface area contributed by atoms with Gasteiger partial charge in [-0.1, -0.05) is 0 Å². The minimum absolute atomic E-state index is 0. The van der Waals surface area contributed by atoms with Crippen LogP contribution in [-0.4, -0.2) is 18.2 Å². The summed E-state index contributed by atoms with van der Waals surface area (Å²) in [5.74, 6) is -1.38. The Balaban J connectivity index is 0.00000144. The van der Waals surface area contributed by atoms with Crippen molar-refractivity contribution in [1.29, 1.82) is 0 Å². The van der Waals surface area contributed by atoms with Crippen molar-refractivity contribution >= 4 is 5.97 Å². The van der Waals surface area contributed by atoms with E-state index in [1.54, 1.807) is 0 Å². The zero-order valence-corrected chi connectivity index (χ0v) is 9.40. The van der Waals surface area contributed by atoms with Gasteiger partial charge in [0, 0.05) is 5.56 Å². The molecule has 0 amide bonds. The first-order chi connectivity index (χ1) is 5.65. The third-order valence-corrected chi connectivity index (χ3v) is 1.42. The molecule has 13 heavy (non-hydrogen) atoms. The van der Waals surface area contributed by atoms with Crippen molar-refractivity contribution in [3.63, 3.8) is 0 Å². The molecule has 0 atom stereocenters. The van der Waals surface area contributed by atoms with Crippen molar-refractivity contribution < 1.29 is 49.3 Å². The number of phenols is 1. The van der Waals surface area contributed by atoms with Gasteiger partial charge in [-0.2, -0.15) is 0 Å². The molecule has 0 aliphatic heterocycles. The first kappa shape index (κ1) is 12.3. The summed E-state index contributed by atoms with van der Waals surface area (Å²) in [5.41, 5.74) is -0.269. The van der Waals surface area contributed by atoms with Crippen molar-refractivity contribution in [1.82, 2.24) is 0 Å². The standard InChI is InChI=1S/C8H8O4.Na/c1-12-5-2-3-7(9)6(4-5)8(10)11;/h2-4,9H,1H3,(H,10,11);/q;+1/p-1. The summed E-state index contributed by atoms with van der Waals surface area (Å²) in [6, 6.07) is 3.90. The molecule has 0 aromatic heterocycles. The van der Waals surface area contributed by atoms with Gasteiger partial charge in [-0.15, -0.1) is 0 Å². The van der Waals surface area contributed by atoms with E-state index in [2.05, 4.69) is 0 Å². The first-order valence-corrected chi connectivity index (χ1v) is 3.23. The van der Waals surface area contributed by atoms with Gasteiger partial charge < -0.3 is 19.7 Å². The minimum Gasteiger partial charge on any atom is -0.545 e. The summed E-state index contributed by atoms with van der Waals surface area (Å²) in [5, 5.41) is 19.4. The predicted octanol–water partition coefficient (Wildman–Crippen LogP) is -3.23. The van der Waals surface area contributed by atoms with Crippen LogP contribution in [0.1, 0.15) is 10.4 Å². The SMILES string of the molecule is COc1ccc(O)c(C(=O)[O-])c1.[Na+]. The fourth-order valence-corrected chi connectivity index (χ4v) is 0.806. The second-order valence-corrected chi connectivity index (χ2v) is 2.17. The van der Waals surface area contributed by atoms with E-state index in [1.807, 2.05) is 0 Å². The monoisotopic (exact) mass is 190 g/mol. The van der Waals surface area contributed by atoms with Crippen LogP contribution in [-0.2, 0) is 0 Å². The summed E-state index contributed by atoms with van der Waals surface area (Å²) in [6.45, 7) is 0. The van der Waals surface area contributed by atoms with Crippen molar-refractivity contribution in [3.8, 4) is 11.5 Å². The van der Waals surface area contributed by atoms with E-state index in [0.717, 1.165) is 0 Å². The van der Waals surface area contributed by atoms with Crippen molar-refractivity contribution in [2.45, 2.75) is 0 Å². The van der Waals surface area contributed by atoms with Gasteiger partial charge in [0.15, 0.2) is 0 Å². The Morgan fingerprint density at radius 2 is 2.15 bits per heavy atom. The number of carbonyl (C=O) groups is 1. The number of carbonyl (C=O) groups excluding carboxylic acids is 1. The quantitative estimate of drug-likeness (QED) is 0.498. The average Bonchev–Trinajstić information content (AvgIpc) is 2.05. The number of aromatic carboxylic acids is 1. The maximum atomic E-state index is 10.4. The van der Waals surface area contributed by atoms with E-state index >= 15 is 0 Å². The number of carboxylic acid groups (broad SMARTS) is 1. The number of methoxy groups -OCH3 is 1. The first-order valence-electron chi connectivity index (χ1n) is 3.23. The van der Waals surface area contributed by atoms with Crippen LogP contribution >= 0.6 is 0 Å². The number of rotatable bonds is 2. The number of hydrogen-bond acceptors (Lipinski definition) is 4. The Morgan fingerprint density at radius 1 is 1.54 bits per heavy atom. The fourth-order valence-electron chi connectivity index (χ4n) is 0.806. The summed E-state index contributed by atoms with van der Waals surface area (Å²) < 4.78 is 4.76. The molecule has 4 nitrogen and oxygen atoms in total. The molecular weight excluding hydrogens is 183 g/mol. The van der Waals surface area contributed by atoms with Crippen LogP contribution in [0, 0.1) is 0 Å². The molecule has 1 rings (SSSR count). The molecule has 0 aliphatic carbocycles. The predicted molar refractivity (Wildman–Crippen MR) is 39.0 cm³/mol. The number of benzene rings is 1. The second-order valence-electron chi connectivity index (χ2n) is 2.17. The second kappa shape index (κ2) is 5.11. The molecule has 0 saturated heterocycles. The Labute approximate surface area is 97.4 Å². The molecule has 1 aromatic rings. The molecule has 0 saturated carbocycles. The van der Waals surface area contributed by atoms with E-state index < -0.39 is 5.97 Å². The van der Waals surface area contributed by atoms with E-state index in [-0.39, 0.29) is 40.9 Å². The Hall–Kier alpha value is -0.710. The van der Waals surface area contributed by atoms with Gasteiger partial charge in [-0.05, 0) is 18.2 Å². The van der Waals surface area contributed by atoms with E-state index in [1.165, 1.54) is 25.3 Å². The largest absolute Gasteiger partial charge is 1.00 e. The molecule has 5 heteroatoms. The van der Waals surface area contributed by atoms with Gasteiger partial charge in [-0.25, -0.2) is 0 Å². The smallest absolute Gasteiger partial charge is 0.545 e. The molecular formula is C8H7NaO4. The number of carboxylic acids is 1. The van der Waals surface area contributed by atoms with E-state index in [0.29, 0.717) is 5.75 Å². The molecule has 64 valence electrons. The Bertz CT molecular complexity index is 311. The summed E-state index contributed by atoms with van der Waals surface area (Å²) >= 11 is 0. The number of ether oxygens (including phenoxy) is 1. The maximum absolute atomic E-state index is 10.4. The minimum atomic E-state index is -1.42. The molecule has 1 aromatic carbocycles. The van der Waals surface area contributed by atoms with Gasteiger partial charge in [0.25, 0.3) is 0 Å². The molecule has 1 N–H and O–H groups in total. The van der Waals surface area contributed by atoms with Crippen molar-refractivity contribution in [3.05, 3.63) is 23.8 Å². The summed E-state index contributed by atoms with van der Waals surface area (Å²) in [7, 11) is 1.41. The topological polar surface area (TPSA) is 69.6 Å². The molecule has 0 bridgehead atoms. The number of aromatic hydroxyl groups is 1. The third-order valence-electron chi connectivity index (χ3n) is 1.42. The zero-order valence-electron chi connectivity index (χ0n) is 7.40. The van der Waals surface area contributed by atoms with E-state index in [4.69, 9.17) is 9.84 Å². The average molecular weight is 190 g/mol. The van der Waals surface area contributed by atoms with Crippen LogP contribution in [0.5, 0.6) is 11.5 Å². The Kier molecular flexibility index (Phi) is 4.83. The van der Waals surface area contributed by atoms with Crippen LogP contribution < -0.4 is 39.4 Å². The molecule has 0 fully saturated rings. The maximum Gasteiger partial charge on any atom is 1.00 e. The molecule has 0 unspecified atom stereocenters. The van der Waals surface area contributed by atoms with Gasteiger partial charge in [0.2, 0.25) is 0 Å². The van der Waals surface area contributed by atoms with Crippen molar-refractivity contribution in [2.24, 2.45) is 0 Å². The van der Waals surface area contributed by atoms with Crippen LogP contribution in [0.3, 0.4) is 0 Å². The molecule has 0 spiro atoms. The van der Waals surface area contributed by atoms with Gasteiger partial charge in [-0.3, -0.25) is 0 Å². The van der Waals surface area contributed by atoms with Crippen molar-refractivity contribution in [2.75, 3.05) is 7.11 Å². The summed E-state index contributed by atoms with van der Waals surface area (Å²) in [4.78, 5) is 10.4. The van der Waals surface area contributed by atoms with Gasteiger partial charge >= 0.3 is 29.6 Å². The fraction of sp³-hybridized carbons (Fsp3) is 0.125. The van der Waals surface area contributed by atoms with Crippen LogP contribution in [0.25, 0.3) is 0 Å². The van der Waals surface area contributed by atoms with Gasteiger partial charge in [0.1, 0.15) is 11.5 Å². The molecule has 0 heterocycles. The summed E-state index contributed by atoms with van der Waals surface area (Å²) in [6.07, 6.45) is 0. The molecule has 0 aliphatic rings. The number of hydrogen-bond donors (Lipinski definition) is 1. The van der Waals surface area contributed by atoms with Crippen LogP contribution in [0.15, 0.2) is 18.2 Å². The Morgan fingerprint density at radius 3 is 2.62 bits per heavy atom. The zero-order chi connectivity index (χ0) is 9.14. The van der Waals surface area contributed by atoms with Crippen LogP contribution in [0.4, 0.5) is 0 Å². The third kappa shape index (κ3) is 2.91. The molecule has 0 radical (unpaired) electrons. The van der Waals surface area contributed by atoms with Crippen LogP contribution in [0.2, 0.25) is 0 Å². The van der Waals surface area contributed by atoms with E-state index in [9.17, 15) is 9.90 Å². The van der Waals surface area contributed by atoms with Gasteiger partial charge in [0.05, 0.1) is 13.1 Å². The normalized spacial score (nSPS) is 8.69.